The summed E-state index contributed by atoms with van der Waals surface area (Å²) < 4.78 is 52.6. The number of rotatable bonds is 21. The van der Waals surface area contributed by atoms with Crippen LogP contribution < -0.4 is 4.74 Å². The van der Waals surface area contributed by atoms with Crippen molar-refractivity contribution in [1.82, 2.24) is 14.7 Å². The summed E-state index contributed by atoms with van der Waals surface area (Å²) in [5, 5.41) is 35.3. The second-order valence-corrected chi connectivity index (χ2v) is 20.9. The fourth-order valence-corrected chi connectivity index (χ4v) is 12.6. The van der Waals surface area contributed by atoms with Crippen LogP contribution in [-0.4, -0.2) is 216 Å². The molecule has 4 amide bonds. The van der Waals surface area contributed by atoms with Crippen LogP contribution in [0.5, 0.6) is 17.2 Å². The van der Waals surface area contributed by atoms with Gasteiger partial charge in [0.25, 0.3) is 0 Å². The number of nitrogens with zero attached hydrogens (tertiary/aromatic N) is 3. The minimum absolute atomic E-state index is 0.0228. The molecule has 22 nitrogen and oxygen atoms in total. The second-order valence-electron chi connectivity index (χ2n) is 18.7. The first-order chi connectivity index (χ1) is 35.1. The number of aliphatic hydroxyl groups is 1. The van der Waals surface area contributed by atoms with Crippen LogP contribution in [0.1, 0.15) is 81.7 Å². The minimum atomic E-state index is -2.31. The van der Waals surface area contributed by atoms with Gasteiger partial charge in [-0.05, 0) is 19.2 Å². The maximum absolute atomic E-state index is 14.4. The molecule has 0 bridgehead atoms. The lowest BCUT2D eigenvalue weighted by molar-refractivity contribution is -0.256. The Labute approximate surface area is 428 Å². The number of thioether (sulfide) groups is 2. The zero-order valence-corrected chi connectivity index (χ0v) is 42.4. The Morgan fingerprint density at radius 1 is 0.836 bits per heavy atom. The van der Waals surface area contributed by atoms with E-state index in [0.29, 0.717) is 13.2 Å². The molecule has 5 heterocycles. The molecule has 0 radical (unpaired) electrons. The first kappa shape index (κ1) is 53.3. The molecule has 7 aliphatic rings. The van der Waals surface area contributed by atoms with Crippen LogP contribution in [0.4, 0.5) is 0 Å². The summed E-state index contributed by atoms with van der Waals surface area (Å²) in [5.41, 5.74) is -3.77. The fraction of sp³-hybridized carbons (Fsp3) is 0.612. The van der Waals surface area contributed by atoms with Crippen LogP contribution in [0.15, 0.2) is 18.2 Å². The van der Waals surface area contributed by atoms with E-state index in [1.165, 1.54) is 49.1 Å². The number of amides is 4. The molecule has 5 aliphatic heterocycles. The van der Waals surface area contributed by atoms with Gasteiger partial charge in [0.05, 0.1) is 112 Å². The third kappa shape index (κ3) is 10.2. The highest BCUT2D eigenvalue weighted by atomic mass is 32.2. The van der Waals surface area contributed by atoms with E-state index in [-0.39, 0.29) is 123 Å². The molecular formula is C49H59N3O19S2. The van der Waals surface area contributed by atoms with Gasteiger partial charge in [0.2, 0.25) is 29.4 Å². The average molecular weight is 1060 g/mol. The number of hydrogen-bond acceptors (Lipinski definition) is 22. The van der Waals surface area contributed by atoms with E-state index < -0.39 is 118 Å². The van der Waals surface area contributed by atoms with Crippen molar-refractivity contribution in [3.8, 4) is 17.2 Å². The number of hydrogen-bond donors (Lipinski definition) is 3. The van der Waals surface area contributed by atoms with E-state index in [1.807, 2.05) is 6.92 Å². The van der Waals surface area contributed by atoms with E-state index >= 15 is 0 Å². The van der Waals surface area contributed by atoms with E-state index in [1.54, 1.807) is 6.26 Å². The monoisotopic (exact) mass is 1060 g/mol. The number of carbonyl (C=O) groups is 7. The van der Waals surface area contributed by atoms with E-state index in [0.717, 1.165) is 16.7 Å². The Morgan fingerprint density at radius 2 is 1.48 bits per heavy atom. The Kier molecular flexibility index (Phi) is 16.3. The van der Waals surface area contributed by atoms with Gasteiger partial charge in [-0.25, -0.2) is 0 Å². The average Bonchev–Trinajstić information content (AvgIpc) is 3.99. The smallest absolute Gasteiger partial charge is 0.242 e. The molecule has 9 rings (SSSR count). The molecule has 2 aromatic carbocycles. The van der Waals surface area contributed by atoms with Crippen LogP contribution >= 0.6 is 23.5 Å². The van der Waals surface area contributed by atoms with Gasteiger partial charge in [-0.3, -0.25) is 48.3 Å². The second kappa shape index (κ2) is 22.3. The number of ether oxygens (including phenoxy) is 9. The van der Waals surface area contributed by atoms with Crippen molar-refractivity contribution in [3.63, 3.8) is 0 Å². The number of fused-ring (bicyclic) bond motifs is 6. The largest absolute Gasteiger partial charge is 0.507 e. The molecule has 5 fully saturated rings. The molecule has 73 heavy (non-hydrogen) atoms. The van der Waals surface area contributed by atoms with Crippen LogP contribution in [0, 0.1) is 0 Å². The highest BCUT2D eigenvalue weighted by Gasteiger charge is 2.55. The van der Waals surface area contributed by atoms with Gasteiger partial charge in [0.15, 0.2) is 30.4 Å². The Morgan fingerprint density at radius 3 is 2.12 bits per heavy atom. The molecule has 2 aliphatic carbocycles. The molecule has 5 saturated heterocycles. The predicted octanol–water partition coefficient (Wildman–Crippen LogP) is 1.12. The SMILES string of the molecule is COc1cccc2c1C(=O)c1c(O)c3c(c(O)c1C2=O)C[C@@](O)(C(=O)CSC1CC(=O)N(CCOCCOCCOCCN2C(=O)CC(SC)C2=O)C1=O)C[C@@H]3O[C@H]1C[C@H]2[C@H](O[C@@H]3[C@@H](OC)OCCN32)[C@H](C)O1. The van der Waals surface area contributed by atoms with Gasteiger partial charge >= 0.3 is 0 Å². The molecular weight excluding hydrogens is 999 g/mol. The zero-order valence-electron chi connectivity index (χ0n) is 40.8. The lowest BCUT2D eigenvalue weighted by Gasteiger charge is -2.43. The van der Waals surface area contributed by atoms with E-state index in [4.69, 9.17) is 42.6 Å². The molecule has 0 saturated carbocycles. The molecule has 24 heteroatoms. The summed E-state index contributed by atoms with van der Waals surface area (Å²) in [6.45, 7) is 3.90. The first-order valence-corrected chi connectivity index (χ1v) is 26.5. The number of benzene rings is 2. The van der Waals surface area contributed by atoms with Gasteiger partial charge in [-0.15, -0.1) is 11.8 Å². The van der Waals surface area contributed by atoms with E-state index in [9.17, 15) is 48.9 Å². The number of ketones is 3. The van der Waals surface area contributed by atoms with Crippen LogP contribution in [-0.2, 0) is 68.3 Å². The summed E-state index contributed by atoms with van der Waals surface area (Å²) in [5.74, 6) is -5.51. The standard InChI is InChI=1S/C49H59N3O19S2/c1-24-44-27(50-10-13-68-48(64-3)47(50)71-44)18-35(69-24)70-29-22-49(62,21-26-37(29)43(59)39-38(41(26)57)40(56)25-6-5-7-28(63-2)36(25)42(39)58)32(53)23-73-31-20-34(55)52(46(31)61)9-12-66-15-17-67-16-14-65-11-8-51-33(54)19-30(72-4)45(51)60/h5-7,24,27,29-31,35,44,47-48,57,59,62H,8-23H2,1-4H3/t24-,27-,29-,30?,31?,35-,44+,47+,48-,49-/m0/s1. The van der Waals surface area contributed by atoms with Crippen LogP contribution in [0.2, 0.25) is 0 Å². The number of carbonyl (C=O) groups excluding carboxylic acids is 7. The lowest BCUT2D eigenvalue weighted by Crippen LogP contribution is -2.55. The van der Waals surface area contributed by atoms with Crippen molar-refractivity contribution in [2.75, 3.05) is 92.1 Å². The number of morpholine rings is 1. The van der Waals surface area contributed by atoms with Gasteiger partial charge < -0.3 is 58.0 Å². The molecule has 396 valence electrons. The lowest BCUT2D eigenvalue weighted by atomic mass is 9.72. The third-order valence-electron chi connectivity index (χ3n) is 14.5. The van der Waals surface area contributed by atoms with Crippen molar-refractivity contribution in [2.24, 2.45) is 0 Å². The van der Waals surface area contributed by atoms with Crippen molar-refractivity contribution < 1.29 is 91.5 Å². The molecule has 0 aromatic heterocycles. The summed E-state index contributed by atoms with van der Waals surface area (Å²) in [7, 11) is 2.85. The maximum atomic E-state index is 14.4. The van der Waals surface area contributed by atoms with Crippen molar-refractivity contribution in [2.45, 2.75) is 98.3 Å². The van der Waals surface area contributed by atoms with Crippen LogP contribution in [0.3, 0.4) is 0 Å². The summed E-state index contributed by atoms with van der Waals surface area (Å²) >= 11 is 2.22. The van der Waals surface area contributed by atoms with Gasteiger partial charge in [-0.2, -0.15) is 11.8 Å². The maximum Gasteiger partial charge on any atom is 0.242 e. The van der Waals surface area contributed by atoms with Gasteiger partial charge in [0.1, 0.15) is 29.0 Å². The van der Waals surface area contributed by atoms with E-state index in [2.05, 4.69) is 4.90 Å². The molecule has 10 atom stereocenters. The third-order valence-corrected chi connectivity index (χ3v) is 16.6. The predicted molar refractivity (Wildman–Crippen MR) is 255 cm³/mol. The molecule has 2 aromatic rings. The number of aromatic hydroxyl groups is 2. The molecule has 2 unspecified atom stereocenters. The topological polar surface area (TPSA) is 273 Å². The first-order valence-electron chi connectivity index (χ1n) is 24.2. The highest BCUT2D eigenvalue weighted by molar-refractivity contribution is 8.01. The number of phenolic OH excluding ortho intramolecular Hbond substituents is 2. The number of likely N-dealkylation sites (tertiary alicyclic amines) is 2. The summed E-state index contributed by atoms with van der Waals surface area (Å²) in [6.07, 6.45) is -3.61. The zero-order chi connectivity index (χ0) is 51.9. The number of Topliss-reactive ketones (excluding diaryl/α,β-unsaturated/α-hetero) is 1. The molecule has 3 N–H and O–H groups in total. The number of imide groups is 2. The highest BCUT2D eigenvalue weighted by Crippen LogP contribution is 2.53. The van der Waals surface area contributed by atoms with Crippen molar-refractivity contribution in [1.29, 1.82) is 0 Å². The quantitative estimate of drug-likeness (QED) is 0.0766. The molecule has 0 spiro atoms. The Bertz CT molecular complexity index is 2530. The van der Waals surface area contributed by atoms with Crippen molar-refractivity contribution in [3.05, 3.63) is 51.6 Å². The summed E-state index contributed by atoms with van der Waals surface area (Å²) in [4.78, 5) is 97.9. The minimum Gasteiger partial charge on any atom is -0.507 e. The van der Waals surface area contributed by atoms with Gasteiger partial charge in [0, 0.05) is 68.5 Å². The number of phenols is 2. The normalized spacial score (nSPS) is 29.9. The van der Waals surface area contributed by atoms with Crippen LogP contribution in [0.25, 0.3) is 0 Å². The fourth-order valence-electron chi connectivity index (χ4n) is 10.8. The Hall–Kier alpha value is -4.57. The summed E-state index contributed by atoms with van der Waals surface area (Å²) in [6, 6.07) is 4.15. The number of methoxy groups -OCH3 is 2. The Balaban J connectivity index is 0.835. The van der Waals surface area contributed by atoms with Gasteiger partial charge in [-0.1, -0.05) is 12.1 Å². The van der Waals surface area contributed by atoms with Crippen molar-refractivity contribution >= 4 is 64.5 Å².